The van der Waals surface area contributed by atoms with Crippen LogP contribution in [-0.4, -0.2) is 36.9 Å². The van der Waals surface area contributed by atoms with Crippen LogP contribution in [0.25, 0.3) is 0 Å². The maximum absolute atomic E-state index is 12.4. The molecule has 0 aliphatic heterocycles. The van der Waals surface area contributed by atoms with Gasteiger partial charge in [0.1, 0.15) is 6.61 Å². The molecular formula is C17H21NO3. The Labute approximate surface area is 125 Å². The second kappa shape index (κ2) is 7.26. The van der Waals surface area contributed by atoms with Crippen molar-refractivity contribution in [1.29, 1.82) is 0 Å². The minimum atomic E-state index is -0.215. The van der Waals surface area contributed by atoms with E-state index in [2.05, 4.69) is 17.2 Å². The Kier molecular flexibility index (Phi) is 5.38. The molecule has 2 atom stereocenters. The number of carbonyl (C=O) groups is 1. The van der Waals surface area contributed by atoms with E-state index in [0.717, 1.165) is 24.8 Å². The van der Waals surface area contributed by atoms with Crippen LogP contribution in [0.3, 0.4) is 0 Å². The first kappa shape index (κ1) is 15.6. The Hall–Kier alpha value is -1.83. The fourth-order valence-corrected chi connectivity index (χ4v) is 2.64. The molecule has 4 nitrogen and oxygen atoms in total. The van der Waals surface area contributed by atoms with Gasteiger partial charge in [0.2, 0.25) is 0 Å². The molecule has 0 spiro atoms. The summed E-state index contributed by atoms with van der Waals surface area (Å²) in [5, 5.41) is 11.9. The lowest BCUT2D eigenvalue weighted by Crippen LogP contribution is -2.33. The van der Waals surface area contributed by atoms with E-state index in [1.54, 1.807) is 7.11 Å². The van der Waals surface area contributed by atoms with Crippen LogP contribution in [0.1, 0.15) is 40.7 Å². The van der Waals surface area contributed by atoms with Crippen LogP contribution in [0.4, 0.5) is 0 Å². The fourth-order valence-electron chi connectivity index (χ4n) is 2.64. The maximum Gasteiger partial charge on any atom is 0.252 e. The van der Waals surface area contributed by atoms with Crippen LogP contribution in [-0.2, 0) is 4.74 Å². The molecule has 0 heterocycles. The number of aliphatic hydroxyl groups is 1. The van der Waals surface area contributed by atoms with Crippen molar-refractivity contribution in [2.24, 2.45) is 0 Å². The van der Waals surface area contributed by atoms with Gasteiger partial charge < -0.3 is 15.2 Å². The molecule has 1 aromatic carbocycles. The Balaban J connectivity index is 2.13. The first-order valence-electron chi connectivity index (χ1n) is 7.18. The number of hydrogen-bond acceptors (Lipinski definition) is 3. The summed E-state index contributed by atoms with van der Waals surface area (Å²) in [4.78, 5) is 12.4. The number of carbonyl (C=O) groups excluding carboxylic acids is 1. The summed E-state index contributed by atoms with van der Waals surface area (Å²) >= 11 is 0. The standard InChI is InChI=1S/C17H21NO3/c1-12-5-6-13(4-3-9-19)16(10-12)17(20)18-14-7-8-15(11-14)21-2/h5-6,10,14-15,19H,7-9,11H2,1-2H3,(H,18,20). The number of amides is 1. The van der Waals surface area contributed by atoms with E-state index in [-0.39, 0.29) is 24.7 Å². The minimum Gasteiger partial charge on any atom is -0.384 e. The zero-order chi connectivity index (χ0) is 15.2. The summed E-state index contributed by atoms with van der Waals surface area (Å²) in [6.07, 6.45) is 3.01. The fraction of sp³-hybridized carbons (Fsp3) is 0.471. The van der Waals surface area contributed by atoms with Crippen molar-refractivity contribution in [1.82, 2.24) is 5.32 Å². The largest absolute Gasteiger partial charge is 0.384 e. The molecule has 2 N–H and O–H groups in total. The smallest absolute Gasteiger partial charge is 0.252 e. The summed E-state index contributed by atoms with van der Waals surface area (Å²) < 4.78 is 5.32. The molecule has 1 aliphatic rings. The molecule has 0 aromatic heterocycles. The molecule has 4 heteroatoms. The summed E-state index contributed by atoms with van der Waals surface area (Å²) in [5.41, 5.74) is 2.22. The first-order valence-corrected chi connectivity index (χ1v) is 7.18. The number of benzene rings is 1. The van der Waals surface area contributed by atoms with Gasteiger partial charge in [-0.2, -0.15) is 0 Å². The van der Waals surface area contributed by atoms with Gasteiger partial charge in [-0.15, -0.1) is 0 Å². The van der Waals surface area contributed by atoms with Crippen LogP contribution >= 0.6 is 0 Å². The number of nitrogens with one attached hydrogen (secondary N) is 1. The van der Waals surface area contributed by atoms with Crippen LogP contribution < -0.4 is 5.32 Å². The molecule has 0 saturated heterocycles. The second-order valence-electron chi connectivity index (χ2n) is 5.35. The molecule has 0 bridgehead atoms. The number of aliphatic hydroxyl groups excluding tert-OH is 1. The predicted octanol–water partition coefficient (Wildman–Crippen LogP) is 1.64. The third kappa shape index (κ3) is 4.07. The maximum atomic E-state index is 12.4. The molecule has 1 fully saturated rings. The van der Waals surface area contributed by atoms with E-state index in [0.29, 0.717) is 11.1 Å². The van der Waals surface area contributed by atoms with Crippen LogP contribution in [0.15, 0.2) is 18.2 Å². The normalized spacial score (nSPS) is 20.7. The lowest BCUT2D eigenvalue weighted by Gasteiger charge is -2.14. The minimum absolute atomic E-state index is 0.109. The number of aryl methyl sites for hydroxylation is 1. The zero-order valence-corrected chi connectivity index (χ0v) is 12.5. The lowest BCUT2D eigenvalue weighted by atomic mass is 10.0. The molecule has 21 heavy (non-hydrogen) atoms. The van der Waals surface area contributed by atoms with E-state index < -0.39 is 0 Å². The van der Waals surface area contributed by atoms with Crippen molar-refractivity contribution in [3.05, 3.63) is 34.9 Å². The monoisotopic (exact) mass is 287 g/mol. The van der Waals surface area contributed by atoms with E-state index in [1.807, 2.05) is 25.1 Å². The Morgan fingerprint density at radius 3 is 2.95 bits per heavy atom. The lowest BCUT2D eigenvalue weighted by molar-refractivity contribution is 0.0914. The van der Waals surface area contributed by atoms with Crippen LogP contribution in [0.2, 0.25) is 0 Å². The molecule has 0 radical (unpaired) electrons. The molecule has 2 unspecified atom stereocenters. The summed E-state index contributed by atoms with van der Waals surface area (Å²) in [6.45, 7) is 1.73. The average molecular weight is 287 g/mol. The third-order valence-corrected chi connectivity index (χ3v) is 3.77. The average Bonchev–Trinajstić information content (AvgIpc) is 2.93. The molecule has 1 saturated carbocycles. The van der Waals surface area contributed by atoms with Gasteiger partial charge in [0, 0.05) is 18.7 Å². The second-order valence-corrected chi connectivity index (χ2v) is 5.35. The van der Waals surface area contributed by atoms with Crippen molar-refractivity contribution in [3.8, 4) is 11.8 Å². The van der Waals surface area contributed by atoms with E-state index >= 15 is 0 Å². The zero-order valence-electron chi connectivity index (χ0n) is 12.5. The van der Waals surface area contributed by atoms with Crippen molar-refractivity contribution in [2.75, 3.05) is 13.7 Å². The topological polar surface area (TPSA) is 58.6 Å². The number of methoxy groups -OCH3 is 1. The van der Waals surface area contributed by atoms with E-state index in [4.69, 9.17) is 9.84 Å². The Morgan fingerprint density at radius 1 is 1.48 bits per heavy atom. The highest BCUT2D eigenvalue weighted by Crippen LogP contribution is 2.22. The molecular weight excluding hydrogens is 266 g/mol. The first-order chi connectivity index (χ1) is 10.1. The number of ether oxygens (including phenoxy) is 1. The van der Waals surface area contributed by atoms with E-state index in [1.165, 1.54) is 0 Å². The van der Waals surface area contributed by atoms with Gasteiger partial charge in [0.15, 0.2) is 0 Å². The molecule has 1 amide bonds. The van der Waals surface area contributed by atoms with Gasteiger partial charge in [-0.3, -0.25) is 4.79 Å². The molecule has 1 aliphatic carbocycles. The van der Waals surface area contributed by atoms with Crippen molar-refractivity contribution in [2.45, 2.75) is 38.3 Å². The Morgan fingerprint density at radius 2 is 2.29 bits per heavy atom. The highest BCUT2D eigenvalue weighted by Gasteiger charge is 2.26. The summed E-state index contributed by atoms with van der Waals surface area (Å²) in [6, 6.07) is 5.72. The third-order valence-electron chi connectivity index (χ3n) is 3.77. The van der Waals surface area contributed by atoms with Gasteiger partial charge in [0.05, 0.1) is 11.7 Å². The highest BCUT2D eigenvalue weighted by atomic mass is 16.5. The Bertz CT molecular complexity index is 571. The van der Waals surface area contributed by atoms with Gasteiger partial charge in [-0.05, 0) is 38.3 Å². The highest BCUT2D eigenvalue weighted by molar-refractivity contribution is 5.97. The SMILES string of the molecule is COC1CCC(NC(=O)c2cc(C)ccc2C#CCO)C1. The van der Waals surface area contributed by atoms with Crippen molar-refractivity contribution in [3.63, 3.8) is 0 Å². The van der Waals surface area contributed by atoms with Crippen molar-refractivity contribution >= 4 is 5.91 Å². The number of rotatable bonds is 3. The van der Waals surface area contributed by atoms with Gasteiger partial charge in [-0.25, -0.2) is 0 Å². The van der Waals surface area contributed by atoms with Gasteiger partial charge >= 0.3 is 0 Å². The predicted molar refractivity (Wildman–Crippen MR) is 81.0 cm³/mol. The number of hydrogen-bond donors (Lipinski definition) is 2. The van der Waals surface area contributed by atoms with Crippen LogP contribution in [0, 0.1) is 18.8 Å². The van der Waals surface area contributed by atoms with Gasteiger partial charge in [-0.1, -0.05) is 23.5 Å². The molecule has 2 rings (SSSR count). The van der Waals surface area contributed by atoms with E-state index in [9.17, 15) is 4.79 Å². The molecule has 1 aromatic rings. The quantitative estimate of drug-likeness (QED) is 0.831. The summed E-state index contributed by atoms with van der Waals surface area (Å²) in [7, 11) is 1.71. The van der Waals surface area contributed by atoms with Gasteiger partial charge in [0.25, 0.3) is 5.91 Å². The summed E-state index contributed by atoms with van der Waals surface area (Å²) in [5.74, 6) is 5.32. The molecule has 112 valence electrons. The van der Waals surface area contributed by atoms with Crippen LogP contribution in [0.5, 0.6) is 0 Å². The van der Waals surface area contributed by atoms with Crippen molar-refractivity contribution < 1.29 is 14.6 Å².